The fourth-order valence-electron chi connectivity index (χ4n) is 5.11. The van der Waals surface area contributed by atoms with Gasteiger partial charge in [0.05, 0.1) is 23.8 Å². The van der Waals surface area contributed by atoms with Crippen molar-refractivity contribution in [1.29, 1.82) is 0 Å². The van der Waals surface area contributed by atoms with E-state index in [1.807, 2.05) is 66.7 Å². The summed E-state index contributed by atoms with van der Waals surface area (Å²) in [5, 5.41) is 7.18. The number of aromatic nitrogens is 1. The second kappa shape index (κ2) is 11.0. The number of carbonyl (C=O) groups is 2. The highest BCUT2D eigenvalue weighted by Crippen LogP contribution is 2.37. The molecule has 202 valence electrons. The van der Waals surface area contributed by atoms with E-state index in [1.54, 1.807) is 17.4 Å². The van der Waals surface area contributed by atoms with Gasteiger partial charge in [-0.15, -0.1) is 0 Å². The molecule has 1 aliphatic rings. The highest BCUT2D eigenvalue weighted by molar-refractivity contribution is 8.01. The number of amides is 1. The molecular weight excluding hydrogens is 508 g/mol. The van der Waals surface area contributed by atoms with Crippen LogP contribution < -0.4 is 14.9 Å². The minimum atomic E-state index is -2.52. The Hall–Kier alpha value is -4.04. The SMILES string of the molecule is C=S1(=O)CCc2cn(CC)c3cc(C(=O)N[C@@H](Cc4ccccc4)C(=O)CNc4ccccc4)cc(c23)N1C. The number of rotatable bonds is 9. The Kier molecular flexibility index (Phi) is 7.48. The molecule has 1 unspecified atom stereocenters. The first-order valence-electron chi connectivity index (χ1n) is 13.2. The number of Topliss-reactive ketones (excluding diaryl/α,β-unsaturated/α-hetero) is 1. The monoisotopic (exact) mass is 542 g/mol. The van der Waals surface area contributed by atoms with Gasteiger partial charge < -0.3 is 19.5 Å². The van der Waals surface area contributed by atoms with Crippen molar-refractivity contribution < 1.29 is 13.8 Å². The van der Waals surface area contributed by atoms with Crippen LogP contribution in [0.15, 0.2) is 79.0 Å². The summed E-state index contributed by atoms with van der Waals surface area (Å²) in [6, 6.07) is 22.1. The zero-order valence-corrected chi connectivity index (χ0v) is 23.2. The van der Waals surface area contributed by atoms with Crippen LogP contribution in [0.3, 0.4) is 0 Å². The standard InChI is InChI=1S/C31H34N4O3S/c1-4-35-21-23-15-16-39(3,38)34(2)27-18-24(19-28(35)30(23)27)31(37)33-26(17-22-11-7-5-8-12-22)29(36)20-32-25-13-9-6-10-14-25/h5-14,18-19,21,26,32H,3-4,15-17,20H2,1-2H3,(H,33,37)/t26-,39?/m0/s1. The lowest BCUT2D eigenvalue weighted by atomic mass is 10.0. The van der Waals surface area contributed by atoms with Crippen molar-refractivity contribution in [3.8, 4) is 0 Å². The summed E-state index contributed by atoms with van der Waals surface area (Å²) < 4.78 is 17.2. The number of nitrogens with one attached hydrogen (secondary N) is 2. The number of carbonyl (C=O) groups excluding carboxylic acids is 2. The Morgan fingerprint density at radius 3 is 2.44 bits per heavy atom. The zero-order chi connectivity index (χ0) is 27.6. The van der Waals surface area contributed by atoms with E-state index in [9.17, 15) is 13.8 Å². The van der Waals surface area contributed by atoms with Crippen LogP contribution in [-0.4, -0.2) is 51.7 Å². The van der Waals surface area contributed by atoms with Gasteiger partial charge in [-0.2, -0.15) is 0 Å². The molecule has 4 aromatic rings. The maximum atomic E-state index is 13.7. The van der Waals surface area contributed by atoms with E-state index in [-0.39, 0.29) is 18.2 Å². The van der Waals surface area contributed by atoms with Crippen molar-refractivity contribution in [3.63, 3.8) is 0 Å². The molecule has 5 rings (SSSR count). The summed E-state index contributed by atoms with van der Waals surface area (Å²) in [6.07, 6.45) is 3.12. The lowest BCUT2D eigenvalue weighted by Gasteiger charge is -2.24. The van der Waals surface area contributed by atoms with Crippen molar-refractivity contribution >= 4 is 49.5 Å². The summed E-state index contributed by atoms with van der Waals surface area (Å²) in [5.41, 5.74) is 4.97. The predicted molar refractivity (Wildman–Crippen MR) is 161 cm³/mol. The highest BCUT2D eigenvalue weighted by Gasteiger charge is 2.27. The first-order chi connectivity index (χ1) is 18.8. The average molecular weight is 543 g/mol. The Labute approximate surface area is 230 Å². The molecule has 2 atom stereocenters. The highest BCUT2D eigenvalue weighted by atomic mass is 32.2. The summed E-state index contributed by atoms with van der Waals surface area (Å²) in [6.45, 7) is 2.88. The normalized spacial score (nSPS) is 17.4. The first-order valence-corrected chi connectivity index (χ1v) is 15.0. The quantitative estimate of drug-likeness (QED) is 0.309. The fourth-order valence-corrected chi connectivity index (χ4v) is 6.43. The number of anilines is 2. The molecule has 0 radical (unpaired) electrons. The van der Waals surface area contributed by atoms with Gasteiger partial charge in [-0.1, -0.05) is 48.5 Å². The molecule has 39 heavy (non-hydrogen) atoms. The van der Waals surface area contributed by atoms with Crippen LogP contribution in [0, 0.1) is 0 Å². The smallest absolute Gasteiger partial charge is 0.252 e. The molecule has 7 nitrogen and oxygen atoms in total. The number of ketones is 1. The van der Waals surface area contributed by atoms with Crippen molar-refractivity contribution in [1.82, 2.24) is 9.88 Å². The maximum absolute atomic E-state index is 13.7. The van der Waals surface area contributed by atoms with Crippen LogP contribution in [0.2, 0.25) is 0 Å². The largest absolute Gasteiger partial charge is 0.378 e. The average Bonchev–Trinajstić information content (AvgIpc) is 3.28. The van der Waals surface area contributed by atoms with Crippen LogP contribution in [0.1, 0.15) is 28.4 Å². The van der Waals surface area contributed by atoms with E-state index in [2.05, 4.69) is 34.2 Å². The fraction of sp³-hybridized carbons (Fsp3) is 0.258. The molecule has 0 saturated carbocycles. The van der Waals surface area contributed by atoms with Crippen molar-refractivity contribution in [2.24, 2.45) is 0 Å². The van der Waals surface area contributed by atoms with E-state index in [1.165, 1.54) is 0 Å². The lowest BCUT2D eigenvalue weighted by Crippen LogP contribution is -2.44. The predicted octanol–water partition coefficient (Wildman–Crippen LogP) is 4.31. The summed E-state index contributed by atoms with van der Waals surface area (Å²) in [4.78, 5) is 27.1. The molecule has 8 heteroatoms. The topological polar surface area (TPSA) is 83.4 Å². The van der Waals surface area contributed by atoms with E-state index in [0.717, 1.165) is 39.9 Å². The molecule has 2 N–H and O–H groups in total. The lowest BCUT2D eigenvalue weighted by molar-refractivity contribution is -0.119. The maximum Gasteiger partial charge on any atom is 0.252 e. The molecule has 0 fully saturated rings. The van der Waals surface area contributed by atoms with Crippen molar-refractivity contribution in [3.05, 3.63) is 95.7 Å². The van der Waals surface area contributed by atoms with Crippen LogP contribution in [0.5, 0.6) is 0 Å². The van der Waals surface area contributed by atoms with Crippen LogP contribution >= 0.6 is 0 Å². The van der Waals surface area contributed by atoms with Crippen molar-refractivity contribution in [2.75, 3.05) is 29.0 Å². The third kappa shape index (κ3) is 5.56. The number of hydrogen-bond donors (Lipinski definition) is 2. The van der Waals surface area contributed by atoms with Gasteiger partial charge in [0.1, 0.15) is 0 Å². The van der Waals surface area contributed by atoms with Gasteiger partial charge in [0.2, 0.25) is 0 Å². The van der Waals surface area contributed by atoms with Gasteiger partial charge in [-0.05, 0) is 61.0 Å². The number of aryl methyl sites for hydroxylation is 2. The molecule has 1 amide bonds. The van der Waals surface area contributed by atoms with Crippen molar-refractivity contribution in [2.45, 2.75) is 32.4 Å². The number of nitrogens with zero attached hydrogens (tertiary/aromatic N) is 2. The molecule has 2 heterocycles. The van der Waals surface area contributed by atoms with E-state index >= 15 is 0 Å². The van der Waals surface area contributed by atoms with Gasteiger partial charge in [0.25, 0.3) is 5.91 Å². The van der Waals surface area contributed by atoms with Gasteiger partial charge in [-0.3, -0.25) is 9.59 Å². The Balaban J connectivity index is 1.47. The number of benzene rings is 3. The second-order valence-corrected chi connectivity index (χ2v) is 12.5. The van der Waals surface area contributed by atoms with Gasteiger partial charge in [0.15, 0.2) is 5.78 Å². The molecule has 0 spiro atoms. The summed E-state index contributed by atoms with van der Waals surface area (Å²) in [7, 11) is -0.746. The molecule has 0 saturated heterocycles. The van der Waals surface area contributed by atoms with Crippen LogP contribution in [0.25, 0.3) is 10.9 Å². The molecule has 0 aliphatic carbocycles. The number of hydrogen-bond acceptors (Lipinski definition) is 4. The summed E-state index contributed by atoms with van der Waals surface area (Å²) >= 11 is 0. The van der Waals surface area contributed by atoms with E-state index in [0.29, 0.717) is 24.2 Å². The molecular formula is C31H34N4O3S. The Bertz CT molecular complexity index is 1610. The van der Waals surface area contributed by atoms with E-state index < -0.39 is 15.7 Å². The van der Waals surface area contributed by atoms with Gasteiger partial charge in [-0.25, -0.2) is 4.21 Å². The summed E-state index contributed by atoms with van der Waals surface area (Å²) in [5.74, 6) is 3.98. The minimum absolute atomic E-state index is 0.0838. The van der Waals surface area contributed by atoms with Crippen LogP contribution in [0.4, 0.5) is 11.4 Å². The molecule has 1 aromatic heterocycles. The van der Waals surface area contributed by atoms with Crippen LogP contribution in [-0.2, 0) is 33.9 Å². The number of para-hydroxylation sites is 1. The third-order valence-corrected chi connectivity index (χ3v) is 9.42. The Morgan fingerprint density at radius 1 is 1.05 bits per heavy atom. The Morgan fingerprint density at radius 2 is 1.74 bits per heavy atom. The zero-order valence-electron chi connectivity index (χ0n) is 22.4. The molecule has 3 aromatic carbocycles. The van der Waals surface area contributed by atoms with Gasteiger partial charge in [0, 0.05) is 51.9 Å². The first kappa shape index (κ1) is 26.6. The minimum Gasteiger partial charge on any atom is -0.378 e. The van der Waals surface area contributed by atoms with Gasteiger partial charge >= 0.3 is 0 Å². The second-order valence-electron chi connectivity index (χ2n) is 9.96. The van der Waals surface area contributed by atoms with E-state index in [4.69, 9.17) is 0 Å². The molecule has 1 aliphatic heterocycles. The molecule has 0 bridgehead atoms. The third-order valence-electron chi connectivity index (χ3n) is 7.39.